The number of nitrogens with zero attached hydrogens (tertiary/aromatic N) is 2. The number of aromatic nitrogens is 2. The Morgan fingerprint density at radius 1 is 0.844 bits per heavy atom. The first-order valence-corrected chi connectivity index (χ1v) is 9.73. The summed E-state index contributed by atoms with van der Waals surface area (Å²) in [4.78, 5) is 34.3. The van der Waals surface area contributed by atoms with Gasteiger partial charge in [0.15, 0.2) is 11.5 Å². The maximum absolute atomic E-state index is 13.0. The van der Waals surface area contributed by atoms with Crippen LogP contribution in [-0.4, -0.2) is 36.0 Å². The van der Waals surface area contributed by atoms with Crippen molar-refractivity contribution >= 4 is 22.7 Å². The number of methoxy groups -OCH3 is 2. The first-order chi connectivity index (χ1) is 15.6. The number of carbonyl (C=O) groups excluding carboxylic acids is 2. The van der Waals surface area contributed by atoms with Crippen molar-refractivity contribution in [3.63, 3.8) is 0 Å². The SMILES string of the molecule is COc1ccc(C(=O)NNC(=O)c2cc(-c3cccnc3)nc3ccccc23)cc1OC. The lowest BCUT2D eigenvalue weighted by molar-refractivity contribution is 0.0847. The molecule has 0 atom stereocenters. The summed E-state index contributed by atoms with van der Waals surface area (Å²) in [5.41, 5.74) is 7.65. The van der Waals surface area contributed by atoms with Gasteiger partial charge in [-0.25, -0.2) is 4.98 Å². The van der Waals surface area contributed by atoms with E-state index in [1.165, 1.54) is 20.3 Å². The third-order valence-electron chi connectivity index (χ3n) is 4.85. The monoisotopic (exact) mass is 428 g/mol. The first-order valence-electron chi connectivity index (χ1n) is 9.73. The summed E-state index contributed by atoms with van der Waals surface area (Å²) in [7, 11) is 2.99. The van der Waals surface area contributed by atoms with Gasteiger partial charge >= 0.3 is 0 Å². The summed E-state index contributed by atoms with van der Waals surface area (Å²) in [5, 5.41) is 0.665. The highest BCUT2D eigenvalue weighted by atomic mass is 16.5. The number of fused-ring (bicyclic) bond motifs is 1. The van der Waals surface area contributed by atoms with Gasteiger partial charge in [-0.15, -0.1) is 0 Å². The van der Waals surface area contributed by atoms with Crippen LogP contribution in [0.5, 0.6) is 11.5 Å². The van der Waals surface area contributed by atoms with Gasteiger partial charge in [0.25, 0.3) is 11.8 Å². The standard InChI is InChI=1S/C24H20N4O4/c1-31-21-10-9-15(12-22(21)32-2)23(29)27-28-24(30)18-13-20(16-6-5-11-25-14-16)26-19-8-4-3-7-17(18)19/h3-14H,1-2H3,(H,27,29)(H,28,30). The van der Waals surface area contributed by atoms with E-state index in [1.807, 2.05) is 24.3 Å². The van der Waals surface area contributed by atoms with Gasteiger partial charge in [-0.2, -0.15) is 0 Å². The Morgan fingerprint density at radius 3 is 2.38 bits per heavy atom. The minimum atomic E-state index is -0.495. The summed E-state index contributed by atoms with van der Waals surface area (Å²) < 4.78 is 10.4. The third-order valence-corrected chi connectivity index (χ3v) is 4.85. The zero-order chi connectivity index (χ0) is 22.5. The van der Waals surface area contributed by atoms with Crippen molar-refractivity contribution < 1.29 is 19.1 Å². The van der Waals surface area contributed by atoms with E-state index in [-0.39, 0.29) is 0 Å². The number of pyridine rings is 2. The van der Waals surface area contributed by atoms with Crippen LogP contribution in [0.2, 0.25) is 0 Å². The van der Waals surface area contributed by atoms with Gasteiger partial charge in [0.1, 0.15) is 0 Å². The summed E-state index contributed by atoms with van der Waals surface area (Å²) in [6.45, 7) is 0. The number of benzene rings is 2. The number of para-hydroxylation sites is 1. The molecule has 8 heteroatoms. The third kappa shape index (κ3) is 4.20. The number of hydrogen-bond donors (Lipinski definition) is 2. The van der Waals surface area contributed by atoms with Gasteiger partial charge in [-0.1, -0.05) is 18.2 Å². The zero-order valence-corrected chi connectivity index (χ0v) is 17.5. The molecule has 2 heterocycles. The molecule has 0 saturated heterocycles. The highest BCUT2D eigenvalue weighted by Gasteiger charge is 2.16. The average molecular weight is 428 g/mol. The molecule has 0 aliphatic heterocycles. The lowest BCUT2D eigenvalue weighted by atomic mass is 10.0. The molecule has 0 aliphatic rings. The lowest BCUT2D eigenvalue weighted by Crippen LogP contribution is -2.41. The van der Waals surface area contributed by atoms with E-state index in [2.05, 4.69) is 20.8 Å². The number of nitrogens with one attached hydrogen (secondary N) is 2. The second-order valence-electron chi connectivity index (χ2n) is 6.79. The van der Waals surface area contributed by atoms with Crippen LogP contribution in [-0.2, 0) is 0 Å². The van der Waals surface area contributed by atoms with Crippen LogP contribution in [0.4, 0.5) is 0 Å². The summed E-state index contributed by atoms with van der Waals surface area (Å²) >= 11 is 0. The Bertz CT molecular complexity index is 1290. The highest BCUT2D eigenvalue weighted by Crippen LogP contribution is 2.27. The number of hydrazine groups is 1. The quantitative estimate of drug-likeness (QED) is 0.473. The lowest BCUT2D eigenvalue weighted by Gasteiger charge is -2.12. The van der Waals surface area contributed by atoms with Crippen LogP contribution in [0.3, 0.4) is 0 Å². The molecule has 0 bridgehead atoms. The van der Waals surface area contributed by atoms with Crippen molar-refractivity contribution in [3.05, 3.63) is 84.2 Å². The van der Waals surface area contributed by atoms with E-state index in [0.29, 0.717) is 39.2 Å². The van der Waals surface area contributed by atoms with E-state index >= 15 is 0 Å². The van der Waals surface area contributed by atoms with E-state index in [1.54, 1.807) is 42.7 Å². The predicted molar refractivity (Wildman–Crippen MR) is 119 cm³/mol. The first kappa shape index (κ1) is 20.8. The fraction of sp³-hybridized carbons (Fsp3) is 0.0833. The van der Waals surface area contributed by atoms with Crippen LogP contribution in [0, 0.1) is 0 Å². The molecule has 0 spiro atoms. The van der Waals surface area contributed by atoms with E-state index in [0.717, 1.165) is 5.56 Å². The molecule has 0 aliphatic carbocycles. The maximum atomic E-state index is 13.0. The van der Waals surface area contributed by atoms with Gasteiger partial charge in [-0.05, 0) is 42.5 Å². The van der Waals surface area contributed by atoms with Crippen LogP contribution in [0.15, 0.2) is 73.1 Å². The highest BCUT2D eigenvalue weighted by molar-refractivity contribution is 6.08. The van der Waals surface area contributed by atoms with E-state index in [4.69, 9.17) is 9.47 Å². The van der Waals surface area contributed by atoms with E-state index in [9.17, 15) is 9.59 Å². The largest absolute Gasteiger partial charge is 0.493 e. The Kier molecular flexibility index (Phi) is 5.94. The molecule has 0 fully saturated rings. The van der Waals surface area contributed by atoms with Crippen molar-refractivity contribution in [3.8, 4) is 22.8 Å². The van der Waals surface area contributed by atoms with Crippen LogP contribution in [0.25, 0.3) is 22.2 Å². The van der Waals surface area contributed by atoms with Crippen LogP contribution >= 0.6 is 0 Å². The number of ether oxygens (including phenoxy) is 2. The topological polar surface area (TPSA) is 102 Å². The van der Waals surface area contributed by atoms with Gasteiger partial charge in [0.05, 0.1) is 31.0 Å². The summed E-state index contributed by atoms with van der Waals surface area (Å²) in [5.74, 6) is -0.0558. The fourth-order valence-corrected chi connectivity index (χ4v) is 3.26. The second-order valence-corrected chi connectivity index (χ2v) is 6.79. The zero-order valence-electron chi connectivity index (χ0n) is 17.5. The van der Waals surface area contributed by atoms with Crippen molar-refractivity contribution in [2.75, 3.05) is 14.2 Å². The number of carbonyl (C=O) groups is 2. The second kappa shape index (κ2) is 9.13. The molecular weight excluding hydrogens is 408 g/mol. The van der Waals surface area contributed by atoms with Gasteiger partial charge < -0.3 is 9.47 Å². The van der Waals surface area contributed by atoms with Crippen LogP contribution < -0.4 is 20.3 Å². The molecule has 4 aromatic rings. The average Bonchev–Trinajstić information content (AvgIpc) is 2.86. The van der Waals surface area contributed by atoms with E-state index < -0.39 is 11.8 Å². The molecule has 2 aromatic heterocycles. The van der Waals surface area contributed by atoms with Gasteiger partial charge in [-0.3, -0.25) is 25.4 Å². The molecule has 2 amide bonds. The Hall–Kier alpha value is -4.46. The molecule has 32 heavy (non-hydrogen) atoms. The minimum absolute atomic E-state index is 0.304. The van der Waals surface area contributed by atoms with Gasteiger partial charge in [0.2, 0.25) is 0 Å². The normalized spacial score (nSPS) is 10.4. The molecule has 160 valence electrons. The number of rotatable bonds is 5. The molecule has 2 N–H and O–H groups in total. The molecule has 2 aromatic carbocycles. The van der Waals surface area contributed by atoms with Crippen molar-refractivity contribution in [2.45, 2.75) is 0 Å². The summed E-state index contributed by atoms with van der Waals surface area (Å²) in [6.07, 6.45) is 3.35. The molecule has 8 nitrogen and oxygen atoms in total. The maximum Gasteiger partial charge on any atom is 0.270 e. The predicted octanol–water partition coefficient (Wildman–Crippen LogP) is 3.39. The molecule has 0 saturated carbocycles. The Balaban J connectivity index is 1.59. The molecule has 4 rings (SSSR count). The Labute approximate surface area is 184 Å². The number of amides is 2. The minimum Gasteiger partial charge on any atom is -0.493 e. The number of hydrogen-bond acceptors (Lipinski definition) is 6. The molecule has 0 unspecified atom stereocenters. The Morgan fingerprint density at radius 2 is 1.62 bits per heavy atom. The van der Waals surface area contributed by atoms with Crippen molar-refractivity contribution in [1.82, 2.24) is 20.8 Å². The summed E-state index contributed by atoms with van der Waals surface area (Å²) in [6, 6.07) is 17.4. The fourth-order valence-electron chi connectivity index (χ4n) is 3.26. The van der Waals surface area contributed by atoms with Crippen molar-refractivity contribution in [1.29, 1.82) is 0 Å². The van der Waals surface area contributed by atoms with Crippen molar-refractivity contribution in [2.24, 2.45) is 0 Å². The molecule has 0 radical (unpaired) electrons. The van der Waals surface area contributed by atoms with Crippen LogP contribution in [0.1, 0.15) is 20.7 Å². The van der Waals surface area contributed by atoms with Gasteiger partial charge in [0, 0.05) is 28.9 Å². The smallest absolute Gasteiger partial charge is 0.270 e. The molecular formula is C24H20N4O4.